The molecule has 1 nitrogen and oxygen atoms in total. The van der Waals surface area contributed by atoms with Crippen LogP contribution in [0.2, 0.25) is 5.02 Å². The maximum Gasteiger partial charge on any atom is 0.127 e. The van der Waals surface area contributed by atoms with Crippen molar-refractivity contribution in [1.29, 1.82) is 0 Å². The summed E-state index contributed by atoms with van der Waals surface area (Å²) < 4.78 is 19.2. The van der Waals surface area contributed by atoms with Crippen molar-refractivity contribution >= 4 is 27.5 Å². The van der Waals surface area contributed by atoms with Crippen LogP contribution in [-0.2, 0) is 6.42 Å². The van der Waals surface area contributed by atoms with Gasteiger partial charge in [-0.05, 0) is 43.2 Å². The van der Waals surface area contributed by atoms with E-state index < -0.39 is 0 Å². The lowest BCUT2D eigenvalue weighted by Crippen LogP contribution is -1.99. The van der Waals surface area contributed by atoms with Crippen LogP contribution in [0.15, 0.2) is 42.5 Å². The van der Waals surface area contributed by atoms with Crippen molar-refractivity contribution in [2.24, 2.45) is 0 Å². The zero-order chi connectivity index (χ0) is 14.5. The second-order valence-corrected chi connectivity index (χ2v) is 5.89. The van der Waals surface area contributed by atoms with Gasteiger partial charge in [-0.3, -0.25) is 0 Å². The molecule has 0 aromatic heterocycles. The Morgan fingerprint density at radius 1 is 1.20 bits per heavy atom. The predicted molar refractivity (Wildman–Crippen MR) is 84.4 cm³/mol. The molecule has 0 radical (unpaired) electrons. The molecule has 0 aliphatic carbocycles. The molecule has 0 bridgehead atoms. The average molecular weight is 358 g/mol. The monoisotopic (exact) mass is 356 g/mol. The zero-order valence-electron chi connectivity index (χ0n) is 11.1. The third-order valence-corrected chi connectivity index (χ3v) is 4.20. The molecule has 0 spiro atoms. The summed E-state index contributed by atoms with van der Waals surface area (Å²) in [4.78, 5) is 0.00702. The van der Waals surface area contributed by atoms with Crippen molar-refractivity contribution < 1.29 is 9.13 Å². The second kappa shape index (κ2) is 7.09. The van der Waals surface area contributed by atoms with Crippen LogP contribution in [0.4, 0.5) is 4.39 Å². The summed E-state index contributed by atoms with van der Waals surface area (Å²) in [7, 11) is 0. The standard InChI is InChI=1S/C16H15BrClFO/c1-2-20-12-8-6-11(7-9-12)14(17)10-13-15(18)4-3-5-16(13)19/h3-9,14H,2,10H2,1H3. The number of alkyl halides is 1. The second-order valence-electron chi connectivity index (χ2n) is 4.37. The van der Waals surface area contributed by atoms with E-state index in [-0.39, 0.29) is 10.6 Å². The fourth-order valence-electron chi connectivity index (χ4n) is 1.96. The van der Waals surface area contributed by atoms with Gasteiger partial charge in [0.05, 0.1) is 6.61 Å². The van der Waals surface area contributed by atoms with Gasteiger partial charge in [0.25, 0.3) is 0 Å². The molecule has 0 amide bonds. The minimum Gasteiger partial charge on any atom is -0.494 e. The van der Waals surface area contributed by atoms with E-state index in [0.717, 1.165) is 11.3 Å². The van der Waals surface area contributed by atoms with E-state index in [1.54, 1.807) is 12.1 Å². The number of halogens is 3. The van der Waals surface area contributed by atoms with E-state index in [1.165, 1.54) is 6.07 Å². The van der Waals surface area contributed by atoms with Crippen molar-refractivity contribution in [3.05, 3.63) is 64.4 Å². The van der Waals surface area contributed by atoms with Crippen LogP contribution < -0.4 is 4.74 Å². The van der Waals surface area contributed by atoms with Crippen LogP contribution in [0.3, 0.4) is 0 Å². The lowest BCUT2D eigenvalue weighted by atomic mass is 10.0. The smallest absolute Gasteiger partial charge is 0.127 e. The Kier molecular flexibility index (Phi) is 5.44. The SMILES string of the molecule is CCOc1ccc(C(Br)Cc2c(F)cccc2Cl)cc1. The maximum absolute atomic E-state index is 13.8. The fourth-order valence-corrected chi connectivity index (χ4v) is 2.83. The highest BCUT2D eigenvalue weighted by atomic mass is 79.9. The summed E-state index contributed by atoms with van der Waals surface area (Å²) in [6, 6.07) is 12.5. The molecule has 0 heterocycles. The third-order valence-electron chi connectivity index (χ3n) is 3.00. The first-order valence-corrected chi connectivity index (χ1v) is 7.71. The minimum atomic E-state index is -0.270. The van der Waals surface area contributed by atoms with Crippen molar-refractivity contribution in [2.75, 3.05) is 6.61 Å². The van der Waals surface area contributed by atoms with Gasteiger partial charge in [-0.15, -0.1) is 0 Å². The van der Waals surface area contributed by atoms with Crippen LogP contribution in [0.25, 0.3) is 0 Å². The molecule has 1 unspecified atom stereocenters. The van der Waals surface area contributed by atoms with Crippen molar-refractivity contribution in [1.82, 2.24) is 0 Å². The van der Waals surface area contributed by atoms with E-state index >= 15 is 0 Å². The van der Waals surface area contributed by atoms with E-state index in [9.17, 15) is 4.39 Å². The molecule has 2 rings (SSSR count). The Morgan fingerprint density at radius 2 is 1.90 bits per heavy atom. The zero-order valence-corrected chi connectivity index (χ0v) is 13.4. The summed E-state index contributed by atoms with van der Waals surface area (Å²) in [5.41, 5.74) is 1.60. The first-order chi connectivity index (χ1) is 9.61. The van der Waals surface area contributed by atoms with E-state index in [2.05, 4.69) is 15.9 Å². The predicted octanol–water partition coefficient (Wildman–Crippen LogP) is 5.56. The molecule has 0 N–H and O–H groups in total. The van der Waals surface area contributed by atoms with Gasteiger partial charge in [0.1, 0.15) is 11.6 Å². The van der Waals surface area contributed by atoms with Gasteiger partial charge in [0.15, 0.2) is 0 Å². The van der Waals surface area contributed by atoms with Crippen molar-refractivity contribution in [3.63, 3.8) is 0 Å². The molecule has 4 heteroatoms. The average Bonchev–Trinajstić information content (AvgIpc) is 2.44. The summed E-state index contributed by atoms with van der Waals surface area (Å²) in [6.45, 7) is 2.59. The molecular weight excluding hydrogens is 343 g/mol. The highest BCUT2D eigenvalue weighted by molar-refractivity contribution is 9.09. The first kappa shape index (κ1) is 15.3. The van der Waals surface area contributed by atoms with Gasteiger partial charge in [-0.2, -0.15) is 0 Å². The van der Waals surface area contributed by atoms with Gasteiger partial charge < -0.3 is 4.74 Å². The molecule has 106 valence electrons. The topological polar surface area (TPSA) is 9.23 Å². The van der Waals surface area contributed by atoms with Crippen LogP contribution in [-0.4, -0.2) is 6.61 Å². The lowest BCUT2D eigenvalue weighted by Gasteiger charge is -2.13. The Labute approximate surface area is 131 Å². The van der Waals surface area contributed by atoms with Crippen LogP contribution in [0, 0.1) is 5.82 Å². The third kappa shape index (κ3) is 3.74. The molecule has 0 aliphatic rings. The molecule has 2 aromatic rings. The van der Waals surface area contributed by atoms with E-state index in [0.29, 0.717) is 23.6 Å². The Morgan fingerprint density at radius 3 is 2.50 bits per heavy atom. The molecule has 0 saturated heterocycles. The highest BCUT2D eigenvalue weighted by Crippen LogP contribution is 2.32. The van der Waals surface area contributed by atoms with Crippen LogP contribution in [0.1, 0.15) is 22.9 Å². The van der Waals surface area contributed by atoms with Gasteiger partial charge in [0, 0.05) is 15.4 Å². The summed E-state index contributed by atoms with van der Waals surface area (Å²) in [5.74, 6) is 0.563. The highest BCUT2D eigenvalue weighted by Gasteiger charge is 2.14. The largest absolute Gasteiger partial charge is 0.494 e. The van der Waals surface area contributed by atoms with Gasteiger partial charge in [-0.25, -0.2) is 4.39 Å². The van der Waals surface area contributed by atoms with Crippen LogP contribution in [0.5, 0.6) is 5.75 Å². The Bertz CT molecular complexity index is 551. The van der Waals surface area contributed by atoms with Crippen LogP contribution >= 0.6 is 27.5 Å². The molecule has 20 heavy (non-hydrogen) atoms. The van der Waals surface area contributed by atoms with E-state index in [1.807, 2.05) is 31.2 Å². The molecule has 0 aliphatic heterocycles. The normalized spacial score (nSPS) is 12.2. The number of ether oxygens (including phenoxy) is 1. The molecule has 2 aromatic carbocycles. The maximum atomic E-state index is 13.8. The quantitative estimate of drug-likeness (QED) is 0.637. The number of benzene rings is 2. The first-order valence-electron chi connectivity index (χ1n) is 6.41. The van der Waals surface area contributed by atoms with Crippen molar-refractivity contribution in [3.8, 4) is 5.75 Å². The lowest BCUT2D eigenvalue weighted by molar-refractivity contribution is 0.340. The number of hydrogen-bond donors (Lipinski definition) is 0. The number of hydrogen-bond acceptors (Lipinski definition) is 1. The van der Waals surface area contributed by atoms with E-state index in [4.69, 9.17) is 16.3 Å². The van der Waals surface area contributed by atoms with Gasteiger partial charge in [-0.1, -0.05) is 45.7 Å². The van der Waals surface area contributed by atoms with Gasteiger partial charge >= 0.3 is 0 Å². The Balaban J connectivity index is 2.13. The van der Waals surface area contributed by atoms with Gasteiger partial charge in [0.2, 0.25) is 0 Å². The Hall–Kier alpha value is -1.06. The molecule has 0 fully saturated rings. The number of rotatable bonds is 5. The summed E-state index contributed by atoms with van der Waals surface area (Å²) in [6.07, 6.45) is 0.499. The summed E-state index contributed by atoms with van der Waals surface area (Å²) in [5, 5.41) is 0.459. The van der Waals surface area contributed by atoms with Crippen molar-refractivity contribution in [2.45, 2.75) is 18.2 Å². The molecular formula is C16H15BrClFO. The summed E-state index contributed by atoms with van der Waals surface area (Å²) >= 11 is 9.64. The molecule has 1 atom stereocenters. The fraction of sp³-hybridized carbons (Fsp3) is 0.250. The molecule has 0 saturated carbocycles. The minimum absolute atomic E-state index is 0.00702.